The Bertz CT molecular complexity index is 461. The maximum Gasteiger partial charge on any atom is 0.233 e. The highest BCUT2D eigenvalue weighted by atomic mass is 32.2. The molecule has 122 valence electrons. The van der Waals surface area contributed by atoms with Crippen molar-refractivity contribution in [2.45, 2.75) is 50.7 Å². The Kier molecular flexibility index (Phi) is 6.15. The van der Waals surface area contributed by atoms with Crippen LogP contribution in [0.3, 0.4) is 0 Å². The SMILES string of the molecule is O=C(CSC[C@H]1CCCCO1)N1CCCC[C@@H]1c1nccs1. The largest absolute Gasteiger partial charge is 0.377 e. The molecule has 3 heterocycles. The van der Waals surface area contributed by atoms with Gasteiger partial charge in [0.15, 0.2) is 0 Å². The van der Waals surface area contributed by atoms with Crippen molar-refractivity contribution in [2.24, 2.45) is 0 Å². The summed E-state index contributed by atoms with van der Waals surface area (Å²) in [6.07, 6.45) is 9.14. The molecule has 0 aliphatic carbocycles. The topological polar surface area (TPSA) is 42.4 Å². The van der Waals surface area contributed by atoms with Crippen LogP contribution in [0.4, 0.5) is 0 Å². The van der Waals surface area contributed by atoms with Crippen LogP contribution in [-0.4, -0.2) is 46.6 Å². The highest BCUT2D eigenvalue weighted by molar-refractivity contribution is 7.99. The van der Waals surface area contributed by atoms with Crippen LogP contribution in [0.15, 0.2) is 11.6 Å². The number of likely N-dealkylation sites (tertiary alicyclic amines) is 1. The third kappa shape index (κ3) is 4.24. The summed E-state index contributed by atoms with van der Waals surface area (Å²) < 4.78 is 5.73. The molecule has 6 heteroatoms. The average molecular weight is 341 g/mol. The lowest BCUT2D eigenvalue weighted by Gasteiger charge is -2.34. The molecule has 2 saturated heterocycles. The number of amides is 1. The molecular weight excluding hydrogens is 316 g/mol. The second-order valence-electron chi connectivity index (χ2n) is 5.97. The van der Waals surface area contributed by atoms with Crippen LogP contribution in [-0.2, 0) is 9.53 Å². The summed E-state index contributed by atoms with van der Waals surface area (Å²) in [5.41, 5.74) is 0. The Balaban J connectivity index is 1.49. The molecule has 0 unspecified atom stereocenters. The van der Waals surface area contributed by atoms with Crippen LogP contribution < -0.4 is 0 Å². The number of hydrogen-bond donors (Lipinski definition) is 0. The van der Waals surface area contributed by atoms with E-state index >= 15 is 0 Å². The summed E-state index contributed by atoms with van der Waals surface area (Å²) in [7, 11) is 0. The number of rotatable bonds is 5. The third-order valence-corrected chi connectivity index (χ3v) is 6.30. The van der Waals surface area contributed by atoms with Gasteiger partial charge in [-0.05, 0) is 38.5 Å². The second kappa shape index (κ2) is 8.31. The van der Waals surface area contributed by atoms with Crippen molar-refractivity contribution in [1.82, 2.24) is 9.88 Å². The van der Waals surface area contributed by atoms with Gasteiger partial charge in [0.25, 0.3) is 0 Å². The number of ether oxygens (including phenoxy) is 1. The number of aromatic nitrogens is 1. The Hall–Kier alpha value is -0.590. The van der Waals surface area contributed by atoms with Crippen molar-refractivity contribution >= 4 is 29.0 Å². The number of hydrogen-bond acceptors (Lipinski definition) is 5. The maximum absolute atomic E-state index is 12.6. The van der Waals surface area contributed by atoms with Gasteiger partial charge in [0.1, 0.15) is 5.01 Å². The van der Waals surface area contributed by atoms with Gasteiger partial charge in [0.05, 0.1) is 17.9 Å². The Morgan fingerprint density at radius 2 is 2.27 bits per heavy atom. The van der Waals surface area contributed by atoms with Crippen LogP contribution in [0.1, 0.15) is 49.6 Å². The number of thiazole rings is 1. The summed E-state index contributed by atoms with van der Waals surface area (Å²) in [5, 5.41) is 3.09. The van der Waals surface area contributed by atoms with Gasteiger partial charge < -0.3 is 9.64 Å². The molecule has 3 rings (SSSR count). The van der Waals surface area contributed by atoms with Gasteiger partial charge in [-0.25, -0.2) is 4.98 Å². The molecule has 2 fully saturated rings. The fourth-order valence-electron chi connectivity index (χ4n) is 3.19. The summed E-state index contributed by atoms with van der Waals surface area (Å²) >= 11 is 3.39. The minimum Gasteiger partial charge on any atom is -0.377 e. The smallest absolute Gasteiger partial charge is 0.233 e. The van der Waals surface area contributed by atoms with Gasteiger partial charge in [0, 0.05) is 30.5 Å². The first-order chi connectivity index (χ1) is 10.8. The van der Waals surface area contributed by atoms with E-state index in [9.17, 15) is 4.79 Å². The molecule has 1 aromatic heterocycles. The summed E-state index contributed by atoms with van der Waals surface area (Å²) in [5.74, 6) is 1.78. The molecule has 4 nitrogen and oxygen atoms in total. The maximum atomic E-state index is 12.6. The first kappa shape index (κ1) is 16.3. The van der Waals surface area contributed by atoms with E-state index in [-0.39, 0.29) is 11.9 Å². The van der Waals surface area contributed by atoms with Crippen molar-refractivity contribution in [3.05, 3.63) is 16.6 Å². The van der Waals surface area contributed by atoms with Gasteiger partial charge in [-0.2, -0.15) is 0 Å². The molecule has 0 spiro atoms. The van der Waals surface area contributed by atoms with E-state index in [1.54, 1.807) is 23.1 Å². The van der Waals surface area contributed by atoms with E-state index < -0.39 is 0 Å². The van der Waals surface area contributed by atoms with Gasteiger partial charge in [-0.1, -0.05) is 0 Å². The molecule has 2 atom stereocenters. The Morgan fingerprint density at radius 1 is 1.36 bits per heavy atom. The fraction of sp³-hybridized carbons (Fsp3) is 0.750. The zero-order valence-electron chi connectivity index (χ0n) is 12.9. The van der Waals surface area contributed by atoms with Gasteiger partial charge >= 0.3 is 0 Å². The lowest BCUT2D eigenvalue weighted by atomic mass is 10.0. The van der Waals surface area contributed by atoms with E-state index in [1.165, 1.54) is 19.3 Å². The number of carbonyl (C=O) groups excluding carboxylic acids is 1. The lowest BCUT2D eigenvalue weighted by Crippen LogP contribution is -2.39. The first-order valence-electron chi connectivity index (χ1n) is 8.23. The van der Waals surface area contributed by atoms with Crippen LogP contribution in [0, 0.1) is 0 Å². The van der Waals surface area contributed by atoms with Crippen LogP contribution in [0.25, 0.3) is 0 Å². The quantitative estimate of drug-likeness (QED) is 0.823. The third-order valence-electron chi connectivity index (χ3n) is 4.36. The molecule has 1 amide bonds. The molecule has 0 aromatic carbocycles. The highest BCUT2D eigenvalue weighted by Gasteiger charge is 2.29. The van der Waals surface area contributed by atoms with Gasteiger partial charge in [0.2, 0.25) is 5.91 Å². The second-order valence-corrected chi connectivity index (χ2v) is 7.93. The van der Waals surface area contributed by atoms with Crippen LogP contribution in [0.2, 0.25) is 0 Å². The molecular formula is C16H24N2O2S2. The Morgan fingerprint density at radius 3 is 3.05 bits per heavy atom. The molecule has 1 aromatic rings. The predicted octanol–water partition coefficient (Wildman–Crippen LogP) is 3.50. The predicted molar refractivity (Wildman–Crippen MR) is 91.3 cm³/mol. The van der Waals surface area contributed by atoms with Crippen LogP contribution in [0.5, 0.6) is 0 Å². The summed E-state index contributed by atoms with van der Waals surface area (Å²) in [4.78, 5) is 19.1. The van der Waals surface area contributed by atoms with E-state index in [0.717, 1.165) is 43.2 Å². The molecule has 2 aliphatic rings. The first-order valence-corrected chi connectivity index (χ1v) is 10.3. The number of piperidine rings is 1. The summed E-state index contributed by atoms with van der Waals surface area (Å²) in [6, 6.07) is 0.202. The van der Waals surface area contributed by atoms with Crippen molar-refractivity contribution in [3.8, 4) is 0 Å². The van der Waals surface area contributed by atoms with Crippen molar-refractivity contribution < 1.29 is 9.53 Å². The van der Waals surface area contributed by atoms with E-state index in [2.05, 4.69) is 9.88 Å². The van der Waals surface area contributed by atoms with Crippen molar-refractivity contribution in [1.29, 1.82) is 0 Å². The zero-order chi connectivity index (χ0) is 15.2. The van der Waals surface area contributed by atoms with Crippen molar-refractivity contribution in [2.75, 3.05) is 24.7 Å². The molecule has 0 bridgehead atoms. The highest BCUT2D eigenvalue weighted by Crippen LogP contribution is 2.32. The average Bonchev–Trinajstić information content (AvgIpc) is 3.10. The van der Waals surface area contributed by atoms with Crippen LogP contribution >= 0.6 is 23.1 Å². The molecule has 0 radical (unpaired) electrons. The normalized spacial score (nSPS) is 26.1. The number of thioether (sulfide) groups is 1. The van der Waals surface area contributed by atoms with Gasteiger partial charge in [-0.3, -0.25) is 4.79 Å². The van der Waals surface area contributed by atoms with Gasteiger partial charge in [-0.15, -0.1) is 23.1 Å². The minimum absolute atomic E-state index is 0.202. The van der Waals surface area contributed by atoms with E-state index in [1.807, 2.05) is 11.6 Å². The summed E-state index contributed by atoms with van der Waals surface area (Å²) in [6.45, 7) is 1.76. The Labute approximate surface area is 140 Å². The molecule has 22 heavy (non-hydrogen) atoms. The van der Waals surface area contributed by atoms with Crippen molar-refractivity contribution in [3.63, 3.8) is 0 Å². The monoisotopic (exact) mass is 340 g/mol. The van der Waals surface area contributed by atoms with E-state index in [0.29, 0.717) is 11.9 Å². The zero-order valence-corrected chi connectivity index (χ0v) is 14.5. The van der Waals surface area contributed by atoms with E-state index in [4.69, 9.17) is 4.74 Å². The fourth-order valence-corrected chi connectivity index (χ4v) is 4.95. The standard InChI is InChI=1S/C16H24N2O2S2/c19-15(12-21-11-13-5-2-4-9-20-13)18-8-3-1-6-14(18)16-17-7-10-22-16/h7,10,13-14H,1-6,8-9,11-12H2/t13-,14-/m1/s1. The lowest BCUT2D eigenvalue weighted by molar-refractivity contribution is -0.132. The molecule has 0 N–H and O–H groups in total. The number of carbonyl (C=O) groups is 1. The molecule has 2 aliphatic heterocycles. The number of nitrogens with zero attached hydrogens (tertiary/aromatic N) is 2. The molecule has 0 saturated carbocycles. The minimum atomic E-state index is 0.202.